The molecular weight excluding hydrogens is 276 g/mol. The number of carbonyl (C=O) groups is 3. The number of Topliss-reactive ketones (excluding diaryl/α,β-unsaturated/α-hetero) is 1. The van der Waals surface area contributed by atoms with Crippen LogP contribution in [0.2, 0.25) is 0 Å². The van der Waals surface area contributed by atoms with Gasteiger partial charge in [-0.25, -0.2) is 0 Å². The third-order valence-electron chi connectivity index (χ3n) is 3.81. The standard InChI is InChI=1S/C14H18N2O5/c15-14(20)9-3-5-16(6-4-9)10(8-12(17)18)13(19)11-2-1-7-21-11/h1-2,7,9-10H,3-6,8H2,(H2,15,20)(H,17,18). The van der Waals surface area contributed by atoms with Crippen LogP contribution >= 0.6 is 0 Å². The lowest BCUT2D eigenvalue weighted by Crippen LogP contribution is -2.48. The fourth-order valence-corrected chi connectivity index (χ4v) is 2.63. The van der Waals surface area contributed by atoms with Crippen LogP contribution in [0.5, 0.6) is 0 Å². The van der Waals surface area contributed by atoms with Gasteiger partial charge in [0.05, 0.1) is 18.7 Å². The predicted octanol–water partition coefficient (Wildman–Crippen LogP) is 0.503. The van der Waals surface area contributed by atoms with Crippen molar-refractivity contribution >= 4 is 17.7 Å². The number of ketones is 1. The van der Waals surface area contributed by atoms with Gasteiger partial charge >= 0.3 is 5.97 Å². The highest BCUT2D eigenvalue weighted by Gasteiger charge is 2.34. The van der Waals surface area contributed by atoms with Gasteiger partial charge in [0.25, 0.3) is 0 Å². The number of piperidine rings is 1. The normalized spacial score (nSPS) is 18.3. The minimum Gasteiger partial charge on any atom is -0.481 e. The summed E-state index contributed by atoms with van der Waals surface area (Å²) in [5, 5.41) is 9.02. The van der Waals surface area contributed by atoms with Gasteiger partial charge in [0, 0.05) is 5.92 Å². The number of nitrogens with two attached hydrogens (primary N) is 1. The van der Waals surface area contributed by atoms with Crippen molar-refractivity contribution in [3.05, 3.63) is 24.2 Å². The van der Waals surface area contributed by atoms with Gasteiger partial charge in [0.1, 0.15) is 0 Å². The van der Waals surface area contributed by atoms with Gasteiger partial charge in [-0.2, -0.15) is 0 Å². The number of carboxylic acids is 1. The molecule has 21 heavy (non-hydrogen) atoms. The summed E-state index contributed by atoms with van der Waals surface area (Å²) in [4.78, 5) is 36.3. The molecule has 7 nitrogen and oxygen atoms in total. The lowest BCUT2D eigenvalue weighted by Gasteiger charge is -2.35. The molecule has 0 bridgehead atoms. The average molecular weight is 294 g/mol. The second kappa shape index (κ2) is 6.53. The van der Waals surface area contributed by atoms with E-state index in [0.717, 1.165) is 0 Å². The molecule has 3 N–H and O–H groups in total. The van der Waals surface area contributed by atoms with Crippen molar-refractivity contribution in [2.75, 3.05) is 13.1 Å². The molecule has 0 aromatic carbocycles. The monoisotopic (exact) mass is 294 g/mol. The summed E-state index contributed by atoms with van der Waals surface area (Å²) >= 11 is 0. The van der Waals surface area contributed by atoms with E-state index in [1.54, 1.807) is 11.0 Å². The third-order valence-corrected chi connectivity index (χ3v) is 3.81. The third kappa shape index (κ3) is 3.69. The Hall–Kier alpha value is -2.15. The van der Waals surface area contributed by atoms with Crippen molar-refractivity contribution < 1.29 is 23.9 Å². The van der Waals surface area contributed by atoms with E-state index in [0.29, 0.717) is 25.9 Å². The number of amides is 1. The number of furan rings is 1. The first-order valence-corrected chi connectivity index (χ1v) is 6.82. The summed E-state index contributed by atoms with van der Waals surface area (Å²) in [7, 11) is 0. The zero-order valence-electron chi connectivity index (χ0n) is 11.5. The fourth-order valence-electron chi connectivity index (χ4n) is 2.63. The van der Waals surface area contributed by atoms with Gasteiger partial charge < -0.3 is 15.3 Å². The molecule has 1 saturated heterocycles. The molecule has 2 rings (SSSR count). The maximum atomic E-state index is 12.4. The average Bonchev–Trinajstić information content (AvgIpc) is 2.98. The first-order valence-electron chi connectivity index (χ1n) is 6.82. The van der Waals surface area contributed by atoms with Gasteiger partial charge in [0.15, 0.2) is 5.76 Å². The van der Waals surface area contributed by atoms with Gasteiger partial charge in [-0.1, -0.05) is 0 Å². The highest BCUT2D eigenvalue weighted by Crippen LogP contribution is 2.22. The highest BCUT2D eigenvalue weighted by molar-refractivity contribution is 5.99. The Morgan fingerprint density at radius 3 is 2.52 bits per heavy atom. The van der Waals surface area contributed by atoms with Crippen molar-refractivity contribution in [3.8, 4) is 0 Å². The van der Waals surface area contributed by atoms with Gasteiger partial charge in [0.2, 0.25) is 11.7 Å². The van der Waals surface area contributed by atoms with Crippen molar-refractivity contribution in [1.29, 1.82) is 0 Å². The first-order chi connectivity index (χ1) is 9.99. The number of hydrogen-bond donors (Lipinski definition) is 2. The second-order valence-electron chi connectivity index (χ2n) is 5.17. The van der Waals surface area contributed by atoms with Crippen LogP contribution in [0.25, 0.3) is 0 Å². The summed E-state index contributed by atoms with van der Waals surface area (Å²) in [5.41, 5.74) is 5.27. The van der Waals surface area contributed by atoms with E-state index >= 15 is 0 Å². The van der Waals surface area contributed by atoms with Crippen LogP contribution in [-0.4, -0.2) is 46.8 Å². The molecule has 1 fully saturated rings. The fraction of sp³-hybridized carbons (Fsp3) is 0.500. The molecule has 1 aliphatic rings. The molecule has 0 saturated carbocycles. The number of primary amides is 1. The molecule has 1 amide bonds. The van der Waals surface area contributed by atoms with E-state index in [1.165, 1.54) is 12.3 Å². The Kier molecular flexibility index (Phi) is 4.74. The van der Waals surface area contributed by atoms with Crippen LogP contribution in [0.1, 0.15) is 29.8 Å². The van der Waals surface area contributed by atoms with Crippen LogP contribution in [0.3, 0.4) is 0 Å². The number of nitrogens with zero attached hydrogens (tertiary/aromatic N) is 1. The molecule has 1 aromatic heterocycles. The summed E-state index contributed by atoms with van der Waals surface area (Å²) in [5.74, 6) is -1.79. The van der Waals surface area contributed by atoms with Gasteiger partial charge in [-0.3, -0.25) is 19.3 Å². The van der Waals surface area contributed by atoms with Gasteiger partial charge in [-0.05, 0) is 38.1 Å². The maximum Gasteiger partial charge on any atom is 0.305 e. The van der Waals surface area contributed by atoms with Crippen LogP contribution in [-0.2, 0) is 9.59 Å². The van der Waals surface area contributed by atoms with E-state index in [2.05, 4.69) is 0 Å². The molecule has 1 unspecified atom stereocenters. The van der Waals surface area contributed by atoms with E-state index in [1.807, 2.05) is 0 Å². The maximum absolute atomic E-state index is 12.4. The molecule has 2 heterocycles. The summed E-state index contributed by atoms with van der Waals surface area (Å²) < 4.78 is 5.06. The van der Waals surface area contributed by atoms with Crippen LogP contribution in [0.15, 0.2) is 22.8 Å². The molecular formula is C14H18N2O5. The quantitative estimate of drug-likeness (QED) is 0.739. The molecule has 0 spiro atoms. The lowest BCUT2D eigenvalue weighted by atomic mass is 9.93. The minimum absolute atomic E-state index is 0.151. The van der Waals surface area contributed by atoms with E-state index in [4.69, 9.17) is 15.3 Å². The number of hydrogen-bond acceptors (Lipinski definition) is 5. The van der Waals surface area contributed by atoms with Crippen molar-refractivity contribution in [2.45, 2.75) is 25.3 Å². The summed E-state index contributed by atoms with van der Waals surface area (Å²) in [6.45, 7) is 0.940. The lowest BCUT2D eigenvalue weighted by molar-refractivity contribution is -0.138. The van der Waals surface area contributed by atoms with E-state index in [-0.39, 0.29) is 29.8 Å². The molecule has 1 aromatic rings. The van der Waals surface area contributed by atoms with Gasteiger partial charge in [-0.15, -0.1) is 0 Å². The largest absolute Gasteiger partial charge is 0.481 e. The summed E-state index contributed by atoms with van der Waals surface area (Å²) in [6, 6.07) is 2.33. The Morgan fingerprint density at radius 1 is 1.38 bits per heavy atom. The smallest absolute Gasteiger partial charge is 0.305 e. The second-order valence-corrected chi connectivity index (χ2v) is 5.17. The Morgan fingerprint density at radius 2 is 2.05 bits per heavy atom. The molecule has 7 heteroatoms. The Labute approximate surface area is 121 Å². The van der Waals surface area contributed by atoms with Crippen LogP contribution < -0.4 is 5.73 Å². The molecule has 1 atom stereocenters. The van der Waals surface area contributed by atoms with Crippen molar-refractivity contribution in [2.24, 2.45) is 11.7 Å². The topological polar surface area (TPSA) is 114 Å². The predicted molar refractivity (Wildman–Crippen MR) is 72.6 cm³/mol. The van der Waals surface area contributed by atoms with Crippen molar-refractivity contribution in [1.82, 2.24) is 4.90 Å². The van der Waals surface area contributed by atoms with Crippen LogP contribution in [0, 0.1) is 5.92 Å². The SMILES string of the molecule is NC(=O)C1CCN(C(CC(=O)O)C(=O)c2ccco2)CC1. The molecule has 114 valence electrons. The Balaban J connectivity index is 2.08. The molecule has 0 radical (unpaired) electrons. The van der Waals surface area contributed by atoms with E-state index < -0.39 is 12.0 Å². The zero-order chi connectivity index (χ0) is 15.4. The van der Waals surface area contributed by atoms with E-state index in [9.17, 15) is 14.4 Å². The van der Waals surface area contributed by atoms with Crippen molar-refractivity contribution in [3.63, 3.8) is 0 Å². The first kappa shape index (κ1) is 15.2. The number of aliphatic carboxylic acids is 1. The number of likely N-dealkylation sites (tertiary alicyclic amines) is 1. The number of carboxylic acid groups (broad SMARTS) is 1. The minimum atomic E-state index is -1.04. The number of carbonyl (C=O) groups excluding carboxylic acids is 2. The molecule has 1 aliphatic heterocycles. The summed E-state index contributed by atoms with van der Waals surface area (Å²) in [6.07, 6.45) is 2.17. The Bertz CT molecular complexity index is 517. The zero-order valence-corrected chi connectivity index (χ0v) is 11.5. The van der Waals surface area contributed by atoms with Crippen LogP contribution in [0.4, 0.5) is 0 Å². The number of rotatable bonds is 6. The molecule has 0 aliphatic carbocycles. The highest BCUT2D eigenvalue weighted by atomic mass is 16.4.